The summed E-state index contributed by atoms with van der Waals surface area (Å²) in [6, 6.07) is 0. The van der Waals surface area contributed by atoms with Gasteiger partial charge in [-0.1, -0.05) is 5.18 Å². The molecule has 0 bridgehead atoms. The number of hydrogen-bond donors (Lipinski definition) is 1. The first-order chi connectivity index (χ1) is 5.12. The Kier molecular flexibility index (Phi) is 6.05. The van der Waals surface area contributed by atoms with Crippen molar-refractivity contribution in [2.75, 3.05) is 26.1 Å². The summed E-state index contributed by atoms with van der Waals surface area (Å²) in [7, 11) is 0. The van der Waals surface area contributed by atoms with Gasteiger partial charge in [-0.25, -0.2) is 4.89 Å². The second-order valence-corrected chi connectivity index (χ2v) is 7.38. The van der Waals surface area contributed by atoms with Gasteiger partial charge in [0.1, 0.15) is 6.66 Å². The molecule has 0 saturated heterocycles. The Morgan fingerprint density at radius 2 is 2.36 bits per heavy atom. The van der Waals surface area contributed by atoms with Crippen molar-refractivity contribution in [2.45, 2.75) is 6.42 Å². The molecular formula is C5H13NO3PS+. The second-order valence-electron chi connectivity index (χ2n) is 2.03. The van der Waals surface area contributed by atoms with E-state index in [0.717, 1.165) is 0 Å². The molecule has 0 amide bonds. The summed E-state index contributed by atoms with van der Waals surface area (Å²) in [5.41, 5.74) is 0. The van der Waals surface area contributed by atoms with Gasteiger partial charge in [-0.3, -0.25) is 0 Å². The molecule has 66 valence electrons. The molecule has 0 spiro atoms. The van der Waals surface area contributed by atoms with E-state index in [0.29, 0.717) is 13.0 Å². The molecule has 0 rings (SSSR count). The fourth-order valence-corrected chi connectivity index (χ4v) is 1.53. The molecule has 0 saturated carbocycles. The lowest BCUT2D eigenvalue weighted by Gasteiger charge is -2.08. The smallest absolute Gasteiger partial charge is 0.208 e. The summed E-state index contributed by atoms with van der Waals surface area (Å²) < 4.78 is 5.11. The van der Waals surface area contributed by atoms with Crippen LogP contribution in [0.2, 0.25) is 0 Å². The topological polar surface area (TPSA) is 58.9 Å². The predicted molar refractivity (Wildman–Crippen MR) is 49.8 cm³/mol. The maximum Gasteiger partial charge on any atom is 0.326 e. The third-order valence-electron chi connectivity index (χ3n) is 1.06. The van der Waals surface area contributed by atoms with Crippen molar-refractivity contribution in [3.05, 3.63) is 4.91 Å². The van der Waals surface area contributed by atoms with Crippen LogP contribution in [-0.4, -0.2) is 31.0 Å². The van der Waals surface area contributed by atoms with Crippen LogP contribution in [0.4, 0.5) is 0 Å². The van der Waals surface area contributed by atoms with Gasteiger partial charge in [0.15, 0.2) is 0 Å². The third kappa shape index (κ3) is 6.69. The van der Waals surface area contributed by atoms with Gasteiger partial charge in [0, 0.05) is 6.26 Å². The van der Waals surface area contributed by atoms with Crippen LogP contribution in [0.25, 0.3) is 0 Å². The normalized spacial score (nSPS) is 15.9. The largest absolute Gasteiger partial charge is 0.326 e. The first-order valence-electron chi connectivity index (χ1n) is 3.21. The van der Waals surface area contributed by atoms with E-state index in [1.54, 1.807) is 12.9 Å². The monoisotopic (exact) mass is 198 g/mol. The van der Waals surface area contributed by atoms with Crippen molar-refractivity contribution in [3.63, 3.8) is 0 Å². The Balaban J connectivity index is 3.29. The quantitative estimate of drug-likeness (QED) is 0.402. The molecule has 11 heavy (non-hydrogen) atoms. The molecular weight excluding hydrogens is 185 g/mol. The lowest BCUT2D eigenvalue weighted by molar-refractivity contribution is 0.305. The minimum atomic E-state index is -2.19. The van der Waals surface area contributed by atoms with Crippen molar-refractivity contribution < 1.29 is 9.42 Å². The van der Waals surface area contributed by atoms with E-state index in [-0.39, 0.29) is 6.54 Å². The van der Waals surface area contributed by atoms with Crippen molar-refractivity contribution in [1.29, 1.82) is 0 Å². The predicted octanol–water partition coefficient (Wildman–Crippen LogP) is 1.91. The van der Waals surface area contributed by atoms with Crippen LogP contribution >= 0.6 is 18.3 Å². The Bertz CT molecular complexity index is 122. The van der Waals surface area contributed by atoms with Gasteiger partial charge in [0.25, 0.3) is 0 Å². The molecule has 1 atom stereocenters. The highest BCUT2D eigenvalue weighted by molar-refractivity contribution is 8.58. The first kappa shape index (κ1) is 11.3. The minimum absolute atomic E-state index is 0.258. The summed E-state index contributed by atoms with van der Waals surface area (Å²) in [6.45, 7) is 0.150. The van der Waals surface area contributed by atoms with Crippen molar-refractivity contribution in [1.82, 2.24) is 0 Å². The van der Waals surface area contributed by atoms with Crippen molar-refractivity contribution >= 4 is 18.3 Å². The zero-order valence-corrected chi connectivity index (χ0v) is 8.40. The van der Waals surface area contributed by atoms with Crippen LogP contribution in [0.3, 0.4) is 0 Å². The second kappa shape index (κ2) is 5.89. The SMILES string of the molecule is CS[P+](C)(O)OCCCN=O. The zero-order chi connectivity index (χ0) is 8.74. The van der Waals surface area contributed by atoms with Gasteiger partial charge < -0.3 is 0 Å². The lowest BCUT2D eigenvalue weighted by atomic mass is 10.5. The lowest BCUT2D eigenvalue weighted by Crippen LogP contribution is -1.96. The van der Waals surface area contributed by atoms with E-state index in [2.05, 4.69) is 5.18 Å². The molecule has 0 aliphatic heterocycles. The highest BCUT2D eigenvalue weighted by Crippen LogP contribution is 2.62. The molecule has 1 unspecified atom stereocenters. The first-order valence-corrected chi connectivity index (χ1v) is 7.14. The fraction of sp³-hybridized carbons (Fsp3) is 1.00. The molecule has 0 heterocycles. The van der Waals surface area contributed by atoms with Gasteiger partial charge in [-0.05, 0) is 6.42 Å². The van der Waals surface area contributed by atoms with E-state index in [4.69, 9.17) is 4.52 Å². The Hall–Kier alpha value is 0.300. The molecule has 0 radical (unpaired) electrons. The summed E-state index contributed by atoms with van der Waals surface area (Å²) >= 11 is 1.32. The maximum absolute atomic E-state index is 9.63. The Morgan fingerprint density at radius 1 is 1.73 bits per heavy atom. The molecule has 0 aromatic heterocycles. The Labute approximate surface area is 70.9 Å². The number of rotatable bonds is 6. The highest BCUT2D eigenvalue weighted by atomic mass is 32.7. The van der Waals surface area contributed by atoms with Gasteiger partial charge in [0.2, 0.25) is 0 Å². The van der Waals surface area contributed by atoms with Crippen molar-refractivity contribution in [3.8, 4) is 0 Å². The van der Waals surface area contributed by atoms with E-state index >= 15 is 0 Å². The molecule has 6 heteroatoms. The fourth-order valence-electron chi connectivity index (χ4n) is 0.416. The average molecular weight is 198 g/mol. The summed E-state index contributed by atoms with van der Waals surface area (Å²) in [4.78, 5) is 19.0. The van der Waals surface area contributed by atoms with Gasteiger partial charge in [0.05, 0.1) is 24.5 Å². The molecule has 4 nitrogen and oxygen atoms in total. The number of nitrogens with zero attached hydrogens (tertiary/aromatic N) is 1. The van der Waals surface area contributed by atoms with Crippen molar-refractivity contribution in [2.24, 2.45) is 5.18 Å². The van der Waals surface area contributed by atoms with Crippen LogP contribution in [0.15, 0.2) is 5.18 Å². The van der Waals surface area contributed by atoms with Crippen LogP contribution in [0.5, 0.6) is 0 Å². The summed E-state index contributed by atoms with van der Waals surface area (Å²) in [5, 5.41) is 2.67. The van der Waals surface area contributed by atoms with Gasteiger partial charge in [-0.2, -0.15) is 9.43 Å². The van der Waals surface area contributed by atoms with Crippen LogP contribution in [-0.2, 0) is 4.52 Å². The standard InChI is InChI=1S/C5H13NO3PS/c1-10(8,11-2)9-5-3-4-6-7/h8H,3-5H2,1-2H3/q+1. The van der Waals surface area contributed by atoms with Crippen LogP contribution in [0.1, 0.15) is 6.42 Å². The summed E-state index contributed by atoms with van der Waals surface area (Å²) in [5.74, 6) is 0. The van der Waals surface area contributed by atoms with E-state index in [1.165, 1.54) is 11.4 Å². The van der Waals surface area contributed by atoms with Crippen LogP contribution in [0, 0.1) is 4.91 Å². The molecule has 0 aliphatic rings. The van der Waals surface area contributed by atoms with E-state index < -0.39 is 6.92 Å². The van der Waals surface area contributed by atoms with E-state index in [9.17, 15) is 9.80 Å². The van der Waals surface area contributed by atoms with E-state index in [1.807, 2.05) is 0 Å². The average Bonchev–Trinajstić information content (AvgIpc) is 1.99. The Morgan fingerprint density at radius 3 is 2.82 bits per heavy atom. The molecule has 1 N–H and O–H groups in total. The summed E-state index contributed by atoms with van der Waals surface area (Å²) in [6.07, 6.45) is 2.38. The third-order valence-corrected chi connectivity index (χ3v) is 4.75. The maximum atomic E-state index is 9.63. The minimum Gasteiger partial charge on any atom is -0.208 e. The van der Waals surface area contributed by atoms with Gasteiger partial charge in [-0.15, -0.1) is 0 Å². The molecule has 0 fully saturated rings. The molecule has 0 aliphatic carbocycles. The number of hydrogen-bond acceptors (Lipinski definition) is 5. The molecule has 0 aromatic carbocycles. The van der Waals surface area contributed by atoms with Crippen LogP contribution < -0.4 is 0 Å². The zero-order valence-electron chi connectivity index (χ0n) is 6.69. The highest BCUT2D eigenvalue weighted by Gasteiger charge is 2.29. The van der Waals surface area contributed by atoms with Gasteiger partial charge >= 0.3 is 6.92 Å². The number of nitroso groups, excluding NO2 is 1. The molecule has 0 aromatic rings.